The van der Waals surface area contributed by atoms with Gasteiger partial charge in [0.25, 0.3) is 0 Å². The van der Waals surface area contributed by atoms with Crippen molar-refractivity contribution in [2.45, 2.75) is 33.1 Å². The number of carbonyl (C=O) groups excluding carboxylic acids is 1. The molecule has 0 unspecified atom stereocenters. The summed E-state index contributed by atoms with van der Waals surface area (Å²) < 4.78 is 4.70. The lowest BCUT2D eigenvalue weighted by Crippen LogP contribution is -2.32. The Morgan fingerprint density at radius 1 is 1.33 bits per heavy atom. The summed E-state index contributed by atoms with van der Waals surface area (Å²) in [6.07, 6.45) is 4.47. The first-order chi connectivity index (χ1) is 8.71. The van der Waals surface area contributed by atoms with Crippen LogP contribution in [0.25, 0.3) is 0 Å². The van der Waals surface area contributed by atoms with Crippen molar-refractivity contribution in [1.29, 1.82) is 0 Å². The van der Waals surface area contributed by atoms with Crippen molar-refractivity contribution in [3.05, 3.63) is 18.1 Å². The largest absolute Gasteiger partial charge is 0.468 e. The van der Waals surface area contributed by atoms with E-state index in [0.29, 0.717) is 0 Å². The zero-order chi connectivity index (χ0) is 13.4. The molecule has 0 bridgehead atoms. The van der Waals surface area contributed by atoms with Crippen molar-refractivity contribution in [3.8, 4) is 0 Å². The van der Waals surface area contributed by atoms with Crippen LogP contribution in [-0.4, -0.2) is 36.1 Å². The first-order valence-electron chi connectivity index (χ1n) is 6.33. The van der Waals surface area contributed by atoms with E-state index in [9.17, 15) is 4.79 Å². The molecule has 0 spiro atoms. The maximum absolute atomic E-state index is 11.4. The minimum atomic E-state index is -0.251. The third-order valence-corrected chi connectivity index (χ3v) is 2.58. The van der Waals surface area contributed by atoms with Gasteiger partial charge < -0.3 is 9.64 Å². The minimum absolute atomic E-state index is 0.229. The predicted molar refractivity (Wildman–Crippen MR) is 70.5 cm³/mol. The maximum Gasteiger partial charge on any atom is 0.325 e. The van der Waals surface area contributed by atoms with Crippen molar-refractivity contribution >= 4 is 11.8 Å². The summed E-state index contributed by atoms with van der Waals surface area (Å²) in [6.45, 7) is 5.18. The fourth-order valence-electron chi connectivity index (χ4n) is 1.72. The molecule has 0 saturated carbocycles. The number of hydrogen-bond donors (Lipinski definition) is 0. The van der Waals surface area contributed by atoms with E-state index in [1.165, 1.54) is 7.11 Å². The topological polar surface area (TPSA) is 55.3 Å². The van der Waals surface area contributed by atoms with Gasteiger partial charge >= 0.3 is 5.97 Å². The first-order valence-corrected chi connectivity index (χ1v) is 6.33. The molecule has 0 amide bonds. The minimum Gasteiger partial charge on any atom is -0.468 e. The summed E-state index contributed by atoms with van der Waals surface area (Å²) in [7, 11) is 1.40. The smallest absolute Gasteiger partial charge is 0.325 e. The highest BCUT2D eigenvalue weighted by molar-refractivity contribution is 5.75. The van der Waals surface area contributed by atoms with Gasteiger partial charge in [-0.05, 0) is 12.8 Å². The SMILES string of the molecule is CCCc1cc(N(CCC)CC(=O)OC)ncn1. The van der Waals surface area contributed by atoms with Gasteiger partial charge in [0.05, 0.1) is 7.11 Å². The van der Waals surface area contributed by atoms with Crippen LogP contribution in [0.3, 0.4) is 0 Å². The average Bonchev–Trinajstić information content (AvgIpc) is 2.39. The maximum atomic E-state index is 11.4. The van der Waals surface area contributed by atoms with E-state index in [-0.39, 0.29) is 12.5 Å². The van der Waals surface area contributed by atoms with Crippen LogP contribution in [0.1, 0.15) is 32.4 Å². The van der Waals surface area contributed by atoms with E-state index in [1.54, 1.807) is 6.33 Å². The Balaban J connectivity index is 2.83. The van der Waals surface area contributed by atoms with E-state index in [1.807, 2.05) is 11.0 Å². The number of esters is 1. The lowest BCUT2D eigenvalue weighted by atomic mass is 10.2. The predicted octanol–water partition coefficient (Wildman–Crippen LogP) is 1.82. The molecule has 0 fully saturated rings. The van der Waals surface area contributed by atoms with Crippen LogP contribution in [0.2, 0.25) is 0 Å². The lowest BCUT2D eigenvalue weighted by molar-refractivity contribution is -0.138. The number of aromatic nitrogens is 2. The average molecular weight is 251 g/mol. The van der Waals surface area contributed by atoms with Gasteiger partial charge in [-0.2, -0.15) is 0 Å². The van der Waals surface area contributed by atoms with Crippen LogP contribution in [0.4, 0.5) is 5.82 Å². The molecule has 5 nitrogen and oxygen atoms in total. The molecular formula is C13H21N3O2. The number of nitrogens with zero attached hydrogens (tertiary/aromatic N) is 3. The van der Waals surface area contributed by atoms with Crippen molar-refractivity contribution in [3.63, 3.8) is 0 Å². The molecule has 0 aromatic carbocycles. The summed E-state index contributed by atoms with van der Waals surface area (Å²) in [5, 5.41) is 0. The quantitative estimate of drug-likeness (QED) is 0.692. The van der Waals surface area contributed by atoms with Gasteiger partial charge in [-0.1, -0.05) is 20.3 Å². The Kier molecular flexibility index (Phi) is 6.11. The molecule has 1 rings (SSSR count). The highest BCUT2D eigenvalue weighted by atomic mass is 16.5. The van der Waals surface area contributed by atoms with Crippen LogP contribution >= 0.6 is 0 Å². The second-order valence-corrected chi connectivity index (χ2v) is 4.12. The second kappa shape index (κ2) is 7.63. The highest BCUT2D eigenvalue weighted by Crippen LogP contribution is 2.12. The van der Waals surface area contributed by atoms with Crippen LogP contribution in [0.15, 0.2) is 12.4 Å². The van der Waals surface area contributed by atoms with Gasteiger partial charge in [0.2, 0.25) is 0 Å². The summed E-state index contributed by atoms with van der Waals surface area (Å²) >= 11 is 0. The molecule has 0 radical (unpaired) electrons. The number of ether oxygens (including phenoxy) is 1. The third-order valence-electron chi connectivity index (χ3n) is 2.58. The molecule has 5 heteroatoms. The van der Waals surface area contributed by atoms with Crippen LogP contribution in [0, 0.1) is 0 Å². The van der Waals surface area contributed by atoms with Gasteiger partial charge in [-0.15, -0.1) is 0 Å². The van der Waals surface area contributed by atoms with Crippen molar-refractivity contribution in [2.75, 3.05) is 25.1 Å². The van der Waals surface area contributed by atoms with E-state index in [4.69, 9.17) is 4.74 Å². The molecule has 0 aliphatic rings. The van der Waals surface area contributed by atoms with Crippen molar-refractivity contribution in [1.82, 2.24) is 9.97 Å². The lowest BCUT2D eigenvalue weighted by Gasteiger charge is -2.21. The molecule has 18 heavy (non-hydrogen) atoms. The Morgan fingerprint density at radius 2 is 2.11 bits per heavy atom. The molecule has 1 heterocycles. The monoisotopic (exact) mass is 251 g/mol. The van der Waals surface area contributed by atoms with Crippen LogP contribution in [0.5, 0.6) is 0 Å². The Bertz CT molecular complexity index is 382. The Labute approximate surface area is 108 Å². The van der Waals surface area contributed by atoms with Crippen LogP contribution in [-0.2, 0) is 16.0 Å². The summed E-state index contributed by atoms with van der Waals surface area (Å²) in [4.78, 5) is 21.7. The van der Waals surface area contributed by atoms with Gasteiger partial charge in [-0.3, -0.25) is 4.79 Å². The number of methoxy groups -OCH3 is 1. The van der Waals surface area contributed by atoms with Crippen molar-refractivity contribution in [2.24, 2.45) is 0 Å². The van der Waals surface area contributed by atoms with Gasteiger partial charge in [0.1, 0.15) is 18.7 Å². The molecule has 0 aliphatic carbocycles. The van der Waals surface area contributed by atoms with E-state index in [0.717, 1.165) is 37.3 Å². The molecule has 0 atom stereocenters. The zero-order valence-electron chi connectivity index (χ0n) is 11.3. The van der Waals surface area contributed by atoms with E-state index < -0.39 is 0 Å². The van der Waals surface area contributed by atoms with Gasteiger partial charge in [0.15, 0.2) is 0 Å². The van der Waals surface area contributed by atoms with E-state index >= 15 is 0 Å². The van der Waals surface area contributed by atoms with Gasteiger partial charge in [0, 0.05) is 18.3 Å². The Hall–Kier alpha value is -1.65. The number of carbonyl (C=O) groups is 1. The highest BCUT2D eigenvalue weighted by Gasteiger charge is 2.12. The summed E-state index contributed by atoms with van der Waals surface area (Å²) in [5.41, 5.74) is 1.01. The molecular weight excluding hydrogens is 230 g/mol. The summed E-state index contributed by atoms with van der Waals surface area (Å²) in [6, 6.07) is 1.95. The fraction of sp³-hybridized carbons (Fsp3) is 0.615. The first kappa shape index (κ1) is 14.4. The number of hydrogen-bond acceptors (Lipinski definition) is 5. The molecule has 0 N–H and O–H groups in total. The number of aryl methyl sites for hydroxylation is 1. The third kappa shape index (κ3) is 4.31. The fourth-order valence-corrected chi connectivity index (χ4v) is 1.72. The van der Waals surface area contributed by atoms with Crippen molar-refractivity contribution < 1.29 is 9.53 Å². The number of anilines is 1. The normalized spacial score (nSPS) is 10.2. The molecule has 0 saturated heterocycles. The molecule has 0 aliphatic heterocycles. The molecule has 1 aromatic rings. The van der Waals surface area contributed by atoms with E-state index in [2.05, 4.69) is 23.8 Å². The summed E-state index contributed by atoms with van der Waals surface area (Å²) in [5.74, 6) is 0.541. The Morgan fingerprint density at radius 3 is 2.72 bits per heavy atom. The van der Waals surface area contributed by atoms with Gasteiger partial charge in [-0.25, -0.2) is 9.97 Å². The zero-order valence-corrected chi connectivity index (χ0v) is 11.3. The molecule has 1 aromatic heterocycles. The molecule has 100 valence electrons. The van der Waals surface area contributed by atoms with Crippen LogP contribution < -0.4 is 4.90 Å². The second-order valence-electron chi connectivity index (χ2n) is 4.12. The number of rotatable bonds is 7. The standard InChI is InChI=1S/C13H21N3O2/c1-4-6-11-8-12(15-10-14-11)16(7-5-2)9-13(17)18-3/h8,10H,4-7,9H2,1-3H3.